The monoisotopic (exact) mass is 241 g/mol. The maximum Gasteiger partial charge on any atom is 0.0366 e. The van der Waals surface area contributed by atoms with Crippen molar-refractivity contribution in [3.63, 3.8) is 0 Å². The zero-order valence-corrected chi connectivity index (χ0v) is 11.3. The fourth-order valence-corrected chi connectivity index (χ4v) is 1.84. The quantitative estimate of drug-likeness (QED) is 0.635. The van der Waals surface area contributed by atoms with Gasteiger partial charge >= 0.3 is 0 Å². The summed E-state index contributed by atoms with van der Waals surface area (Å²) in [7, 11) is 0. The lowest BCUT2D eigenvalue weighted by atomic mass is 10.2. The molecule has 0 aliphatic heterocycles. The highest BCUT2D eigenvalue weighted by molar-refractivity contribution is 5.85. The molecule has 0 fully saturated rings. The van der Waals surface area contributed by atoms with Gasteiger partial charge in [-0.1, -0.05) is 44.4 Å². The summed E-state index contributed by atoms with van der Waals surface area (Å²) in [6.07, 6.45) is 5.36. The predicted molar refractivity (Wildman–Crippen MR) is 75.7 cm³/mol. The molecule has 0 atom stereocenters. The molecule has 1 rings (SSSR count). The summed E-state index contributed by atoms with van der Waals surface area (Å²) < 4.78 is 0. The molecule has 0 heterocycles. The number of hydrogen-bond donors (Lipinski definition) is 0. The fourth-order valence-electron chi connectivity index (χ4n) is 1.84. The summed E-state index contributed by atoms with van der Waals surface area (Å²) in [5.41, 5.74) is 1.36. The van der Waals surface area contributed by atoms with Gasteiger partial charge in [-0.25, -0.2) is 0 Å². The van der Waals surface area contributed by atoms with Crippen LogP contribution in [0.25, 0.3) is 0 Å². The van der Waals surface area contributed by atoms with Crippen molar-refractivity contribution in [2.24, 2.45) is 0 Å². The van der Waals surface area contributed by atoms with E-state index in [1.165, 1.54) is 37.9 Å². The van der Waals surface area contributed by atoms with Crippen molar-refractivity contribution in [2.45, 2.75) is 39.5 Å². The number of hydrogen-bond acceptors (Lipinski definition) is 1. The molecule has 0 saturated heterocycles. The van der Waals surface area contributed by atoms with E-state index < -0.39 is 0 Å². The van der Waals surface area contributed by atoms with Gasteiger partial charge in [0.05, 0.1) is 0 Å². The maximum absolute atomic E-state index is 2.45. The Morgan fingerprint density at radius 3 is 2.19 bits per heavy atom. The van der Waals surface area contributed by atoms with Gasteiger partial charge in [0, 0.05) is 18.8 Å². The van der Waals surface area contributed by atoms with Gasteiger partial charge < -0.3 is 4.90 Å². The molecule has 0 saturated carbocycles. The average molecular weight is 242 g/mol. The predicted octanol–water partition coefficient (Wildman–Crippen LogP) is 4.52. The van der Waals surface area contributed by atoms with Gasteiger partial charge in [-0.05, 0) is 25.5 Å². The number of rotatable bonds is 7. The molecule has 0 unspecified atom stereocenters. The standard InChI is InChI=1S/C14H23N.ClH/c1-3-5-6-10-13-15(4-2)14-11-8-7-9-12-14;/h7-9,11-12H,3-6,10,13H2,1-2H3;1H. The third-order valence-electron chi connectivity index (χ3n) is 2.78. The van der Waals surface area contributed by atoms with Crippen LogP contribution in [0.4, 0.5) is 5.69 Å². The summed E-state index contributed by atoms with van der Waals surface area (Å²) in [6.45, 7) is 6.79. The van der Waals surface area contributed by atoms with Crippen LogP contribution in [0.3, 0.4) is 0 Å². The Bertz CT molecular complexity index is 248. The van der Waals surface area contributed by atoms with Gasteiger partial charge in [0.25, 0.3) is 0 Å². The van der Waals surface area contributed by atoms with Crippen LogP contribution in [0.1, 0.15) is 39.5 Å². The highest BCUT2D eigenvalue weighted by Crippen LogP contribution is 2.13. The van der Waals surface area contributed by atoms with Crippen molar-refractivity contribution in [1.29, 1.82) is 0 Å². The van der Waals surface area contributed by atoms with E-state index in [0.717, 1.165) is 6.54 Å². The van der Waals surface area contributed by atoms with Crippen LogP contribution < -0.4 is 4.90 Å². The lowest BCUT2D eigenvalue weighted by Crippen LogP contribution is -2.23. The third-order valence-corrected chi connectivity index (χ3v) is 2.78. The fraction of sp³-hybridized carbons (Fsp3) is 0.571. The van der Waals surface area contributed by atoms with E-state index in [0.29, 0.717) is 0 Å². The molecule has 0 amide bonds. The second-order valence-corrected chi connectivity index (χ2v) is 3.98. The minimum absolute atomic E-state index is 0. The van der Waals surface area contributed by atoms with Crippen LogP contribution in [0.2, 0.25) is 0 Å². The van der Waals surface area contributed by atoms with E-state index >= 15 is 0 Å². The van der Waals surface area contributed by atoms with E-state index in [2.05, 4.69) is 49.1 Å². The van der Waals surface area contributed by atoms with Crippen molar-refractivity contribution in [1.82, 2.24) is 0 Å². The lowest BCUT2D eigenvalue weighted by molar-refractivity contribution is 0.649. The molecular weight excluding hydrogens is 218 g/mol. The summed E-state index contributed by atoms with van der Waals surface area (Å²) in [5, 5.41) is 0. The van der Waals surface area contributed by atoms with Crippen LogP contribution in [0.15, 0.2) is 30.3 Å². The minimum Gasteiger partial charge on any atom is -0.372 e. The molecule has 0 N–H and O–H groups in total. The summed E-state index contributed by atoms with van der Waals surface area (Å²) in [5.74, 6) is 0. The highest BCUT2D eigenvalue weighted by atomic mass is 35.5. The molecule has 1 aromatic rings. The van der Waals surface area contributed by atoms with Gasteiger partial charge in [-0.2, -0.15) is 0 Å². The average Bonchev–Trinajstić information content (AvgIpc) is 2.30. The van der Waals surface area contributed by atoms with Crippen molar-refractivity contribution >= 4 is 18.1 Å². The van der Waals surface area contributed by atoms with Crippen LogP contribution in [0.5, 0.6) is 0 Å². The summed E-state index contributed by atoms with van der Waals surface area (Å²) in [4.78, 5) is 2.45. The van der Waals surface area contributed by atoms with Gasteiger partial charge in [0.2, 0.25) is 0 Å². The Labute approximate surface area is 106 Å². The first kappa shape index (κ1) is 15.3. The number of anilines is 1. The number of unbranched alkanes of at least 4 members (excludes halogenated alkanes) is 3. The normalized spacial score (nSPS) is 9.62. The van der Waals surface area contributed by atoms with Crippen molar-refractivity contribution in [2.75, 3.05) is 18.0 Å². The first-order valence-electron chi connectivity index (χ1n) is 6.18. The molecule has 0 spiro atoms. The van der Waals surface area contributed by atoms with Crippen LogP contribution in [0, 0.1) is 0 Å². The Kier molecular flexibility index (Phi) is 9.12. The largest absolute Gasteiger partial charge is 0.372 e. The zero-order chi connectivity index (χ0) is 10.9. The molecule has 1 nitrogen and oxygen atoms in total. The van der Waals surface area contributed by atoms with Gasteiger partial charge in [-0.3, -0.25) is 0 Å². The van der Waals surface area contributed by atoms with E-state index in [1.807, 2.05) is 0 Å². The molecule has 0 aliphatic carbocycles. The topological polar surface area (TPSA) is 3.24 Å². The minimum atomic E-state index is 0. The Morgan fingerprint density at radius 2 is 1.62 bits per heavy atom. The molecule has 0 aliphatic rings. The summed E-state index contributed by atoms with van der Waals surface area (Å²) in [6, 6.07) is 10.7. The van der Waals surface area contributed by atoms with Gasteiger partial charge in [0.15, 0.2) is 0 Å². The first-order chi connectivity index (χ1) is 7.38. The number of para-hydroxylation sites is 1. The molecule has 0 radical (unpaired) electrons. The molecule has 0 aromatic heterocycles. The van der Waals surface area contributed by atoms with Gasteiger partial charge in [-0.15, -0.1) is 12.4 Å². The molecule has 2 heteroatoms. The number of halogens is 1. The third kappa shape index (κ3) is 5.41. The first-order valence-corrected chi connectivity index (χ1v) is 6.18. The van der Waals surface area contributed by atoms with Crippen LogP contribution in [-0.4, -0.2) is 13.1 Å². The van der Waals surface area contributed by atoms with Crippen molar-refractivity contribution in [3.8, 4) is 0 Å². The van der Waals surface area contributed by atoms with E-state index in [4.69, 9.17) is 0 Å². The number of benzene rings is 1. The van der Waals surface area contributed by atoms with Crippen molar-refractivity contribution in [3.05, 3.63) is 30.3 Å². The molecule has 92 valence electrons. The second-order valence-electron chi connectivity index (χ2n) is 3.98. The van der Waals surface area contributed by atoms with Gasteiger partial charge in [0.1, 0.15) is 0 Å². The maximum atomic E-state index is 2.45. The molecule has 16 heavy (non-hydrogen) atoms. The zero-order valence-electron chi connectivity index (χ0n) is 10.5. The molecular formula is C14H24ClN. The second kappa shape index (κ2) is 9.53. The van der Waals surface area contributed by atoms with Crippen LogP contribution >= 0.6 is 12.4 Å². The SMILES string of the molecule is CCCCCCN(CC)c1ccccc1.Cl. The Hall–Kier alpha value is -0.690. The van der Waals surface area contributed by atoms with E-state index in [1.54, 1.807) is 0 Å². The van der Waals surface area contributed by atoms with Crippen LogP contribution in [-0.2, 0) is 0 Å². The number of nitrogens with zero attached hydrogens (tertiary/aromatic N) is 1. The summed E-state index contributed by atoms with van der Waals surface area (Å²) >= 11 is 0. The van der Waals surface area contributed by atoms with Crippen molar-refractivity contribution < 1.29 is 0 Å². The Balaban J connectivity index is 0.00000225. The van der Waals surface area contributed by atoms with E-state index in [9.17, 15) is 0 Å². The lowest BCUT2D eigenvalue weighted by Gasteiger charge is -2.22. The van der Waals surface area contributed by atoms with E-state index in [-0.39, 0.29) is 12.4 Å². The Morgan fingerprint density at radius 1 is 0.938 bits per heavy atom. The smallest absolute Gasteiger partial charge is 0.0366 e. The molecule has 1 aromatic carbocycles. The highest BCUT2D eigenvalue weighted by Gasteiger charge is 2.01. The molecule has 0 bridgehead atoms.